The van der Waals surface area contributed by atoms with Crippen LogP contribution in [0.1, 0.15) is 47.1 Å². The number of anilines is 1. The number of aromatic nitrogens is 3. The van der Waals surface area contributed by atoms with E-state index in [0.29, 0.717) is 36.4 Å². The molecule has 1 saturated carbocycles. The molecule has 2 aliphatic rings. The largest absolute Gasteiger partial charge is 0.408 e. The Balaban J connectivity index is 1.42. The molecular formula is C16H20FN5O2. The van der Waals surface area contributed by atoms with Gasteiger partial charge in [0, 0.05) is 31.8 Å². The molecule has 0 bridgehead atoms. The molecule has 2 aromatic heterocycles. The summed E-state index contributed by atoms with van der Waals surface area (Å²) in [4.78, 5) is 17.3. The molecule has 0 radical (unpaired) electrons. The van der Waals surface area contributed by atoms with E-state index < -0.39 is 6.17 Å². The van der Waals surface area contributed by atoms with Crippen LogP contribution in [0.3, 0.4) is 0 Å². The van der Waals surface area contributed by atoms with Crippen molar-refractivity contribution in [3.8, 4) is 0 Å². The Hall–Kier alpha value is -2.38. The van der Waals surface area contributed by atoms with Gasteiger partial charge in [0.1, 0.15) is 6.17 Å². The van der Waals surface area contributed by atoms with Gasteiger partial charge in [-0.1, -0.05) is 5.10 Å². The number of carbonyl (C=O) groups excluding carboxylic acids is 1. The molecule has 128 valence electrons. The zero-order valence-corrected chi connectivity index (χ0v) is 13.5. The Morgan fingerprint density at radius 1 is 1.50 bits per heavy atom. The second-order valence-electron chi connectivity index (χ2n) is 6.53. The van der Waals surface area contributed by atoms with Crippen LogP contribution in [0.25, 0.3) is 0 Å². The van der Waals surface area contributed by atoms with Crippen molar-refractivity contribution in [1.29, 1.82) is 0 Å². The zero-order chi connectivity index (χ0) is 16.7. The van der Waals surface area contributed by atoms with Gasteiger partial charge in [0.25, 0.3) is 5.91 Å². The van der Waals surface area contributed by atoms with Gasteiger partial charge in [-0.2, -0.15) is 0 Å². The summed E-state index contributed by atoms with van der Waals surface area (Å²) in [5.74, 6) is 0.791. The lowest BCUT2D eigenvalue weighted by Gasteiger charge is -2.22. The summed E-state index contributed by atoms with van der Waals surface area (Å²) in [6.07, 6.45) is 3.41. The molecule has 2 aromatic rings. The van der Waals surface area contributed by atoms with E-state index >= 15 is 0 Å². The molecule has 2 N–H and O–H groups in total. The fourth-order valence-corrected chi connectivity index (χ4v) is 3.29. The molecule has 0 aromatic carbocycles. The van der Waals surface area contributed by atoms with Gasteiger partial charge in [-0.3, -0.25) is 4.79 Å². The molecule has 1 amide bonds. The van der Waals surface area contributed by atoms with Crippen LogP contribution in [0.4, 0.5) is 10.4 Å². The summed E-state index contributed by atoms with van der Waals surface area (Å²) in [6, 6.07) is 1.92. The fraction of sp³-hybridized carbons (Fsp3) is 0.562. The number of aromatic amines is 1. The van der Waals surface area contributed by atoms with Gasteiger partial charge in [0.05, 0.1) is 18.2 Å². The number of halogens is 1. The van der Waals surface area contributed by atoms with Crippen molar-refractivity contribution in [2.24, 2.45) is 0 Å². The van der Waals surface area contributed by atoms with Gasteiger partial charge < -0.3 is 19.6 Å². The maximum Gasteiger partial charge on any atom is 0.318 e. The summed E-state index contributed by atoms with van der Waals surface area (Å²) in [7, 11) is 0. The van der Waals surface area contributed by atoms with Crippen molar-refractivity contribution in [3.63, 3.8) is 0 Å². The first kappa shape index (κ1) is 15.2. The Morgan fingerprint density at radius 3 is 3.04 bits per heavy atom. The van der Waals surface area contributed by atoms with Gasteiger partial charge in [-0.25, -0.2) is 4.39 Å². The molecule has 0 spiro atoms. The molecule has 24 heavy (non-hydrogen) atoms. The minimum Gasteiger partial charge on any atom is -0.408 e. The monoisotopic (exact) mass is 333 g/mol. The van der Waals surface area contributed by atoms with Crippen LogP contribution in [-0.4, -0.2) is 46.4 Å². The number of aryl methyl sites for hydroxylation is 1. The lowest BCUT2D eigenvalue weighted by Crippen LogP contribution is -2.40. The highest BCUT2D eigenvalue weighted by molar-refractivity contribution is 5.95. The van der Waals surface area contributed by atoms with Crippen LogP contribution in [0, 0.1) is 6.92 Å². The number of rotatable bonds is 5. The number of hydrogen-bond acceptors (Lipinski definition) is 5. The summed E-state index contributed by atoms with van der Waals surface area (Å²) in [5, 5.41) is 10.7. The standard InChI is InChI=1S/C16H20FN5O2/c1-9-20-21-16(24-9)22-8-11(17)6-12(22)7-19-15(23)13-4-5-18-14(13)10-2-3-10/h4-5,10-12,18H,2-3,6-8H2,1H3,(H,19,23)/t11-,12-/m0/s1. The Kier molecular flexibility index (Phi) is 3.74. The molecular weight excluding hydrogens is 313 g/mol. The first-order valence-corrected chi connectivity index (χ1v) is 8.28. The fourth-order valence-electron chi connectivity index (χ4n) is 3.29. The quantitative estimate of drug-likeness (QED) is 0.873. The first-order valence-electron chi connectivity index (χ1n) is 8.28. The van der Waals surface area contributed by atoms with E-state index in [-0.39, 0.29) is 18.5 Å². The van der Waals surface area contributed by atoms with Crippen molar-refractivity contribution in [2.45, 2.75) is 44.3 Å². The molecule has 2 atom stereocenters. The molecule has 1 saturated heterocycles. The van der Waals surface area contributed by atoms with Gasteiger partial charge >= 0.3 is 6.01 Å². The summed E-state index contributed by atoms with van der Waals surface area (Å²) in [6.45, 7) is 2.25. The third-order valence-corrected chi connectivity index (χ3v) is 4.63. The highest BCUT2D eigenvalue weighted by Crippen LogP contribution is 2.40. The molecule has 2 fully saturated rings. The maximum absolute atomic E-state index is 13.8. The number of alkyl halides is 1. The SMILES string of the molecule is Cc1nnc(N2C[C@@H](F)C[C@H]2CNC(=O)c2cc[nH]c2C2CC2)o1. The second-order valence-corrected chi connectivity index (χ2v) is 6.53. The molecule has 0 unspecified atom stereocenters. The van der Waals surface area contributed by atoms with Gasteiger partial charge in [-0.05, 0) is 24.8 Å². The van der Waals surface area contributed by atoms with E-state index in [1.165, 1.54) is 0 Å². The lowest BCUT2D eigenvalue weighted by molar-refractivity contribution is 0.0950. The van der Waals surface area contributed by atoms with E-state index in [4.69, 9.17) is 4.42 Å². The number of amides is 1. The smallest absolute Gasteiger partial charge is 0.318 e. The molecule has 1 aliphatic carbocycles. The Bertz CT molecular complexity index is 738. The average Bonchev–Trinajstić information content (AvgIpc) is 2.97. The van der Waals surface area contributed by atoms with E-state index in [0.717, 1.165) is 18.5 Å². The second kappa shape index (κ2) is 5.92. The van der Waals surface area contributed by atoms with Crippen molar-refractivity contribution in [1.82, 2.24) is 20.5 Å². The van der Waals surface area contributed by atoms with Crippen molar-refractivity contribution < 1.29 is 13.6 Å². The number of nitrogens with zero attached hydrogens (tertiary/aromatic N) is 3. The zero-order valence-electron chi connectivity index (χ0n) is 13.5. The van der Waals surface area contributed by atoms with Crippen LogP contribution in [0.2, 0.25) is 0 Å². The minimum atomic E-state index is -0.964. The van der Waals surface area contributed by atoms with E-state index in [1.54, 1.807) is 24.1 Å². The molecule has 1 aliphatic heterocycles. The van der Waals surface area contributed by atoms with Crippen LogP contribution in [0.15, 0.2) is 16.7 Å². The van der Waals surface area contributed by atoms with E-state index in [9.17, 15) is 9.18 Å². The van der Waals surface area contributed by atoms with Crippen LogP contribution >= 0.6 is 0 Å². The predicted octanol–water partition coefficient (Wildman–Crippen LogP) is 1.93. The lowest BCUT2D eigenvalue weighted by atomic mass is 10.1. The van der Waals surface area contributed by atoms with E-state index in [1.807, 2.05) is 0 Å². The predicted molar refractivity (Wildman–Crippen MR) is 84.8 cm³/mol. The number of hydrogen-bond donors (Lipinski definition) is 2. The third-order valence-electron chi connectivity index (χ3n) is 4.63. The van der Waals surface area contributed by atoms with Gasteiger partial charge in [-0.15, -0.1) is 5.10 Å². The summed E-state index contributed by atoms with van der Waals surface area (Å²) in [5.41, 5.74) is 1.69. The molecule has 7 nitrogen and oxygen atoms in total. The third kappa shape index (κ3) is 2.88. The minimum absolute atomic E-state index is 0.123. The van der Waals surface area contributed by atoms with Crippen molar-refractivity contribution in [2.75, 3.05) is 18.0 Å². The Labute approximate surface area is 138 Å². The first-order chi connectivity index (χ1) is 11.6. The summed E-state index contributed by atoms with van der Waals surface area (Å²) >= 11 is 0. The molecule has 3 heterocycles. The number of nitrogens with one attached hydrogen (secondary N) is 2. The summed E-state index contributed by atoms with van der Waals surface area (Å²) < 4.78 is 19.2. The molecule has 4 rings (SSSR count). The topological polar surface area (TPSA) is 87.0 Å². The average molecular weight is 333 g/mol. The maximum atomic E-state index is 13.8. The Morgan fingerprint density at radius 2 is 2.33 bits per heavy atom. The van der Waals surface area contributed by atoms with Gasteiger partial charge in [0.15, 0.2) is 0 Å². The number of carbonyl (C=O) groups is 1. The highest BCUT2D eigenvalue weighted by Gasteiger charge is 2.36. The van der Waals surface area contributed by atoms with Crippen LogP contribution < -0.4 is 10.2 Å². The van der Waals surface area contributed by atoms with Crippen molar-refractivity contribution in [3.05, 3.63) is 29.4 Å². The highest BCUT2D eigenvalue weighted by atomic mass is 19.1. The van der Waals surface area contributed by atoms with Crippen molar-refractivity contribution >= 4 is 11.9 Å². The normalized spacial score (nSPS) is 23.7. The van der Waals surface area contributed by atoms with Gasteiger partial charge in [0.2, 0.25) is 5.89 Å². The van der Waals surface area contributed by atoms with Crippen LogP contribution in [-0.2, 0) is 0 Å². The van der Waals surface area contributed by atoms with Crippen LogP contribution in [0.5, 0.6) is 0 Å². The molecule has 8 heteroatoms. The number of H-pyrrole nitrogens is 1. The van der Waals surface area contributed by atoms with E-state index in [2.05, 4.69) is 20.5 Å².